The Kier molecular flexibility index (Phi) is 7.30. The summed E-state index contributed by atoms with van der Waals surface area (Å²) in [6.07, 6.45) is 1.99. The number of aromatic nitrogens is 1. The molecule has 8 heteroatoms. The van der Waals surface area contributed by atoms with Crippen molar-refractivity contribution in [2.75, 3.05) is 0 Å². The summed E-state index contributed by atoms with van der Waals surface area (Å²) in [5, 5.41) is 7.68. The Morgan fingerprint density at radius 1 is 0.875 bits per heavy atom. The van der Waals surface area contributed by atoms with E-state index < -0.39 is 0 Å². The van der Waals surface area contributed by atoms with Gasteiger partial charge in [-0.1, -0.05) is 102 Å². The van der Waals surface area contributed by atoms with E-state index in [1.807, 2.05) is 108 Å². The van der Waals surface area contributed by atoms with Crippen molar-refractivity contribution in [3.8, 4) is 11.1 Å². The van der Waals surface area contributed by atoms with Gasteiger partial charge >= 0.3 is 0 Å². The number of rotatable bonds is 5. The number of thiocarbonyl (C=S) groups is 1. The molecule has 0 fully saturated rings. The zero-order valence-corrected chi connectivity index (χ0v) is 23.5. The van der Waals surface area contributed by atoms with Gasteiger partial charge in [0.1, 0.15) is 0 Å². The van der Waals surface area contributed by atoms with Crippen LogP contribution in [0.15, 0.2) is 114 Å². The van der Waals surface area contributed by atoms with Gasteiger partial charge in [-0.15, -0.1) is 0 Å². The van der Waals surface area contributed by atoms with Crippen LogP contribution < -0.4 is 16.3 Å². The molecule has 0 aliphatic carbocycles. The minimum absolute atomic E-state index is 0.227. The fraction of sp³-hybridized carbons (Fsp3) is 0.0625. The summed E-state index contributed by atoms with van der Waals surface area (Å²) in [5.74, 6) is 0. The van der Waals surface area contributed by atoms with Gasteiger partial charge in [-0.3, -0.25) is 15.2 Å². The summed E-state index contributed by atoms with van der Waals surface area (Å²) >= 11 is 19.0. The highest BCUT2D eigenvalue weighted by molar-refractivity contribution is 7.80. The number of hydrogen-bond donors (Lipinski definition) is 3. The molecule has 40 heavy (non-hydrogen) atoms. The van der Waals surface area contributed by atoms with E-state index in [9.17, 15) is 4.79 Å². The minimum atomic E-state index is -0.363. The van der Waals surface area contributed by atoms with Crippen LogP contribution in [-0.4, -0.2) is 15.1 Å². The van der Waals surface area contributed by atoms with E-state index in [-0.39, 0.29) is 11.6 Å². The third-order valence-electron chi connectivity index (χ3n) is 6.88. The van der Waals surface area contributed by atoms with Crippen molar-refractivity contribution in [2.24, 2.45) is 0 Å². The second kappa shape index (κ2) is 11.2. The van der Waals surface area contributed by atoms with Crippen LogP contribution in [0.25, 0.3) is 27.7 Å². The highest BCUT2D eigenvalue weighted by Crippen LogP contribution is 2.39. The molecule has 1 atom stereocenters. The lowest BCUT2D eigenvalue weighted by molar-refractivity contribution is 0.337. The van der Waals surface area contributed by atoms with Gasteiger partial charge in [0.15, 0.2) is 5.11 Å². The SMILES string of the molecule is O=c1[nH]c2ccc(Cl)cc2c(-c2ccccc2)c1C1=C[C@H](c2ccccc2Cl)N(C(=S)NCc2ccccc2)N1. The molecule has 0 saturated carbocycles. The first-order chi connectivity index (χ1) is 19.5. The van der Waals surface area contributed by atoms with Gasteiger partial charge in [0.05, 0.1) is 17.3 Å². The number of hydrazine groups is 1. The molecule has 0 bridgehead atoms. The zero-order valence-electron chi connectivity index (χ0n) is 21.2. The molecule has 0 amide bonds. The van der Waals surface area contributed by atoms with Crippen molar-refractivity contribution in [3.05, 3.63) is 146 Å². The van der Waals surface area contributed by atoms with Crippen molar-refractivity contribution in [2.45, 2.75) is 12.6 Å². The van der Waals surface area contributed by atoms with E-state index in [2.05, 4.69) is 15.7 Å². The molecule has 6 rings (SSSR count). The highest BCUT2D eigenvalue weighted by Gasteiger charge is 2.32. The molecule has 2 heterocycles. The fourth-order valence-electron chi connectivity index (χ4n) is 5.01. The van der Waals surface area contributed by atoms with Crippen LogP contribution in [0, 0.1) is 0 Å². The topological polar surface area (TPSA) is 60.2 Å². The summed E-state index contributed by atoms with van der Waals surface area (Å²) in [5.41, 5.74) is 8.66. The second-order valence-electron chi connectivity index (χ2n) is 9.43. The van der Waals surface area contributed by atoms with Crippen molar-refractivity contribution in [1.29, 1.82) is 0 Å². The molecule has 1 aliphatic heterocycles. The maximum absolute atomic E-state index is 13.7. The van der Waals surface area contributed by atoms with Crippen LogP contribution in [-0.2, 0) is 6.54 Å². The van der Waals surface area contributed by atoms with Crippen LogP contribution in [0.5, 0.6) is 0 Å². The quantitative estimate of drug-likeness (QED) is 0.187. The van der Waals surface area contributed by atoms with Gasteiger partial charge in [-0.05, 0) is 59.2 Å². The van der Waals surface area contributed by atoms with Crippen molar-refractivity contribution in [3.63, 3.8) is 0 Å². The van der Waals surface area contributed by atoms with Crippen molar-refractivity contribution in [1.82, 2.24) is 20.7 Å². The number of nitrogens with zero attached hydrogens (tertiary/aromatic N) is 1. The van der Waals surface area contributed by atoms with Gasteiger partial charge in [-0.25, -0.2) is 0 Å². The van der Waals surface area contributed by atoms with E-state index in [4.69, 9.17) is 35.4 Å². The Hall–Kier alpha value is -4.10. The summed E-state index contributed by atoms with van der Waals surface area (Å²) in [6.45, 7) is 0.548. The molecular formula is C32H24Cl2N4OS. The Bertz CT molecular complexity index is 1810. The molecule has 3 N–H and O–H groups in total. The first kappa shape index (κ1) is 26.1. The number of halogens is 2. The van der Waals surface area contributed by atoms with Crippen LogP contribution in [0.3, 0.4) is 0 Å². The average Bonchev–Trinajstić information content (AvgIpc) is 3.41. The molecule has 198 valence electrons. The van der Waals surface area contributed by atoms with Crippen LogP contribution in [0.1, 0.15) is 22.7 Å². The normalized spacial score (nSPS) is 14.6. The minimum Gasteiger partial charge on any atom is -0.357 e. The molecular weight excluding hydrogens is 559 g/mol. The Morgan fingerprint density at radius 3 is 2.33 bits per heavy atom. The largest absolute Gasteiger partial charge is 0.357 e. The van der Waals surface area contributed by atoms with Crippen molar-refractivity contribution >= 4 is 57.1 Å². The Labute approximate surface area is 247 Å². The maximum atomic E-state index is 13.7. The van der Waals surface area contributed by atoms with Gasteiger partial charge in [0.2, 0.25) is 0 Å². The van der Waals surface area contributed by atoms with Gasteiger partial charge < -0.3 is 10.3 Å². The Morgan fingerprint density at radius 2 is 1.57 bits per heavy atom. The molecule has 0 saturated heterocycles. The van der Waals surface area contributed by atoms with Gasteiger partial charge in [0, 0.05) is 33.1 Å². The molecule has 5 nitrogen and oxygen atoms in total. The molecule has 5 aromatic rings. The van der Waals surface area contributed by atoms with E-state index in [1.165, 1.54) is 0 Å². The third-order valence-corrected chi connectivity index (χ3v) is 7.80. The number of nitrogens with one attached hydrogen (secondary N) is 3. The van der Waals surface area contributed by atoms with Crippen LogP contribution >= 0.6 is 35.4 Å². The monoisotopic (exact) mass is 582 g/mol. The first-order valence-electron chi connectivity index (χ1n) is 12.7. The lowest BCUT2D eigenvalue weighted by Gasteiger charge is -2.29. The third kappa shape index (κ3) is 5.09. The second-order valence-corrected chi connectivity index (χ2v) is 10.7. The van der Waals surface area contributed by atoms with Gasteiger partial charge in [-0.2, -0.15) is 0 Å². The molecule has 1 aromatic heterocycles. The summed E-state index contributed by atoms with van der Waals surface area (Å²) in [7, 11) is 0. The number of pyridine rings is 1. The van der Waals surface area contributed by atoms with Crippen LogP contribution in [0.4, 0.5) is 0 Å². The zero-order chi connectivity index (χ0) is 27.6. The summed E-state index contributed by atoms with van der Waals surface area (Å²) < 4.78 is 0. The van der Waals surface area contributed by atoms with Crippen LogP contribution in [0.2, 0.25) is 10.0 Å². The molecule has 1 aliphatic rings. The summed E-state index contributed by atoms with van der Waals surface area (Å²) in [6, 6.07) is 32.6. The molecule has 0 spiro atoms. The van der Waals surface area contributed by atoms with E-state index in [0.29, 0.717) is 38.5 Å². The average molecular weight is 584 g/mol. The van der Waals surface area contributed by atoms with Gasteiger partial charge in [0.25, 0.3) is 5.56 Å². The van der Waals surface area contributed by atoms with E-state index in [1.54, 1.807) is 6.07 Å². The number of aromatic amines is 1. The predicted molar refractivity (Wildman–Crippen MR) is 168 cm³/mol. The lowest BCUT2D eigenvalue weighted by Crippen LogP contribution is -2.45. The van der Waals surface area contributed by atoms with E-state index >= 15 is 0 Å². The number of H-pyrrole nitrogens is 1. The maximum Gasteiger partial charge on any atom is 0.258 e. The molecule has 0 unspecified atom stereocenters. The number of fused-ring (bicyclic) bond motifs is 1. The molecule has 4 aromatic carbocycles. The predicted octanol–water partition coefficient (Wildman–Crippen LogP) is 7.48. The number of benzene rings is 4. The number of hydrogen-bond acceptors (Lipinski definition) is 3. The highest BCUT2D eigenvalue weighted by atomic mass is 35.5. The fourth-order valence-corrected chi connectivity index (χ4v) is 5.67. The van der Waals surface area contributed by atoms with Crippen molar-refractivity contribution < 1.29 is 0 Å². The smallest absolute Gasteiger partial charge is 0.258 e. The Balaban J connectivity index is 1.48. The van der Waals surface area contributed by atoms with E-state index in [0.717, 1.165) is 27.6 Å². The molecule has 0 radical (unpaired) electrons. The standard InChI is InChI=1S/C32H24Cl2N4OS/c33-22-15-16-26-24(17-22)29(21-11-5-2-6-12-21)30(31(39)36-26)27-18-28(23-13-7-8-14-25(23)34)38(37-27)32(40)35-19-20-9-3-1-4-10-20/h1-18,28,37H,19H2,(H,35,40)(H,36,39)/t28-/m1/s1. The first-order valence-corrected chi connectivity index (χ1v) is 13.9. The lowest BCUT2D eigenvalue weighted by atomic mass is 9.94. The summed E-state index contributed by atoms with van der Waals surface area (Å²) in [4.78, 5) is 16.8.